The minimum absolute atomic E-state index is 0.0501. The number of rotatable bonds is 7. The van der Waals surface area contributed by atoms with E-state index in [2.05, 4.69) is 9.97 Å². The lowest BCUT2D eigenvalue weighted by molar-refractivity contribution is -0.384. The molecule has 0 unspecified atom stereocenters. The van der Waals surface area contributed by atoms with Gasteiger partial charge in [-0.1, -0.05) is 29.0 Å². The zero-order chi connectivity index (χ0) is 26.2. The highest BCUT2D eigenvalue weighted by atomic mass is 35.5. The smallest absolute Gasteiger partial charge is 0.270 e. The van der Waals surface area contributed by atoms with E-state index < -0.39 is 20.9 Å². The number of amides is 1. The van der Waals surface area contributed by atoms with Gasteiger partial charge in [-0.05, 0) is 43.2 Å². The second-order valence-corrected chi connectivity index (χ2v) is 13.3. The van der Waals surface area contributed by atoms with Gasteiger partial charge in [0.25, 0.3) is 15.7 Å². The number of fused-ring (bicyclic) bond motifs is 1. The highest BCUT2D eigenvalue weighted by Crippen LogP contribution is 2.35. The van der Waals surface area contributed by atoms with E-state index in [1.807, 2.05) is 6.07 Å². The van der Waals surface area contributed by atoms with Gasteiger partial charge in [0.05, 0.1) is 31.7 Å². The van der Waals surface area contributed by atoms with E-state index in [0.717, 1.165) is 11.3 Å². The Balaban J connectivity index is 1.39. The average Bonchev–Trinajstić information content (AvgIpc) is 3.53. The zero-order valence-electron chi connectivity index (χ0n) is 19.2. The molecular weight excluding hydrogens is 558 g/mol. The highest BCUT2D eigenvalue weighted by Gasteiger charge is 2.35. The molecule has 192 valence electrons. The first-order valence-corrected chi connectivity index (χ1v) is 14.7. The van der Waals surface area contributed by atoms with Crippen LogP contribution in [0.5, 0.6) is 0 Å². The number of carbonyl (C=O) groups excluding carboxylic acids is 1. The van der Waals surface area contributed by atoms with Crippen LogP contribution < -0.4 is 4.90 Å². The second-order valence-electron chi connectivity index (χ2n) is 8.39. The number of nitrogens with zero attached hydrogens (tertiary/aromatic N) is 5. The summed E-state index contributed by atoms with van der Waals surface area (Å²) in [6, 6.07) is 12.9. The molecule has 1 aromatic carbocycles. The summed E-state index contributed by atoms with van der Waals surface area (Å²) in [4.78, 5) is 34.9. The summed E-state index contributed by atoms with van der Waals surface area (Å²) in [6.45, 7) is 0.587. The minimum Gasteiger partial charge on any atom is -0.282 e. The molecule has 1 aliphatic rings. The molecule has 4 heterocycles. The standard InChI is InChI=1S/C23H20ClN5O5S3/c24-20-6-7-21(36-20)37(33,34)27-11-8-15(9-12-27)22(30)28(14-16-3-1-2-10-25-16)23-26-18-5-4-17(29(31)32)13-19(18)35-23/h1-7,10,13,15H,8-9,11-12,14H2. The van der Waals surface area contributed by atoms with Crippen molar-refractivity contribution in [2.45, 2.75) is 23.6 Å². The first kappa shape index (κ1) is 25.7. The monoisotopic (exact) mass is 577 g/mol. The lowest BCUT2D eigenvalue weighted by Crippen LogP contribution is -2.44. The number of thiophene rings is 1. The maximum absolute atomic E-state index is 13.8. The molecule has 0 N–H and O–H groups in total. The molecule has 0 saturated carbocycles. The maximum atomic E-state index is 13.8. The van der Waals surface area contributed by atoms with E-state index in [9.17, 15) is 23.3 Å². The number of sulfonamides is 1. The van der Waals surface area contributed by atoms with Crippen LogP contribution >= 0.6 is 34.3 Å². The number of thiazole rings is 1. The lowest BCUT2D eigenvalue weighted by atomic mass is 9.96. The van der Waals surface area contributed by atoms with Crippen LogP contribution in [-0.4, -0.2) is 46.6 Å². The van der Waals surface area contributed by atoms with Crippen molar-refractivity contribution in [1.29, 1.82) is 0 Å². The van der Waals surface area contributed by atoms with Gasteiger partial charge in [-0.25, -0.2) is 13.4 Å². The van der Waals surface area contributed by atoms with Gasteiger partial charge in [-0.2, -0.15) is 4.31 Å². The van der Waals surface area contributed by atoms with E-state index in [1.165, 1.54) is 33.8 Å². The molecule has 0 bridgehead atoms. The van der Waals surface area contributed by atoms with E-state index in [4.69, 9.17) is 11.6 Å². The molecule has 1 fully saturated rings. The fraction of sp³-hybridized carbons (Fsp3) is 0.261. The van der Waals surface area contributed by atoms with Crippen LogP contribution in [0.15, 0.2) is 58.9 Å². The first-order chi connectivity index (χ1) is 17.7. The van der Waals surface area contributed by atoms with Crippen LogP contribution in [0.4, 0.5) is 10.8 Å². The van der Waals surface area contributed by atoms with Crippen molar-refractivity contribution in [3.63, 3.8) is 0 Å². The summed E-state index contributed by atoms with van der Waals surface area (Å²) in [6.07, 6.45) is 2.35. The van der Waals surface area contributed by atoms with E-state index in [1.54, 1.807) is 35.4 Å². The molecule has 1 amide bonds. The Kier molecular flexibility index (Phi) is 7.23. The van der Waals surface area contributed by atoms with E-state index in [0.29, 0.717) is 38.2 Å². The molecule has 0 aliphatic carbocycles. The minimum atomic E-state index is -3.67. The SMILES string of the molecule is O=C(C1CCN(S(=O)(=O)c2ccc(Cl)s2)CC1)N(Cc1ccccn1)c1nc2ccc([N+](=O)[O-])cc2s1. The van der Waals surface area contributed by atoms with Gasteiger partial charge in [0.1, 0.15) is 4.21 Å². The molecule has 0 atom stereocenters. The molecule has 37 heavy (non-hydrogen) atoms. The normalized spacial score (nSPS) is 15.2. The third kappa shape index (κ3) is 5.36. The Hall–Kier alpha value is -2.97. The van der Waals surface area contributed by atoms with Gasteiger partial charge >= 0.3 is 0 Å². The summed E-state index contributed by atoms with van der Waals surface area (Å²) < 4.78 is 28.5. The van der Waals surface area contributed by atoms with Gasteiger partial charge in [-0.3, -0.25) is 24.8 Å². The number of hydrogen-bond donors (Lipinski definition) is 0. The third-order valence-corrected chi connectivity index (χ3v) is 10.7. The largest absolute Gasteiger partial charge is 0.282 e. The number of pyridine rings is 1. The van der Waals surface area contributed by atoms with Crippen LogP contribution in [0.25, 0.3) is 10.2 Å². The summed E-state index contributed by atoms with van der Waals surface area (Å²) in [5, 5.41) is 11.6. The topological polar surface area (TPSA) is 127 Å². The molecule has 5 rings (SSSR count). The van der Waals surface area contributed by atoms with Crippen molar-refractivity contribution in [3.8, 4) is 0 Å². The Morgan fingerprint density at radius 1 is 1.16 bits per heavy atom. The molecule has 4 aromatic rings. The fourth-order valence-corrected chi connectivity index (χ4v) is 8.26. The van der Waals surface area contributed by atoms with Gasteiger partial charge < -0.3 is 0 Å². The number of non-ortho nitro benzene ring substituents is 1. The average molecular weight is 578 g/mol. The Morgan fingerprint density at radius 3 is 2.59 bits per heavy atom. The van der Waals surface area contributed by atoms with Crippen molar-refractivity contribution in [1.82, 2.24) is 14.3 Å². The van der Waals surface area contributed by atoms with Crippen LogP contribution in [0.3, 0.4) is 0 Å². The van der Waals surface area contributed by atoms with Gasteiger partial charge in [-0.15, -0.1) is 11.3 Å². The number of anilines is 1. The molecule has 0 radical (unpaired) electrons. The molecular formula is C23H20ClN5O5S3. The number of nitro groups is 1. The second kappa shape index (κ2) is 10.4. The van der Waals surface area contributed by atoms with Crippen LogP contribution in [0.1, 0.15) is 18.5 Å². The Bertz CT molecular complexity index is 1570. The summed E-state index contributed by atoms with van der Waals surface area (Å²) in [5.41, 5.74) is 1.17. The number of hydrogen-bond acceptors (Lipinski definition) is 9. The first-order valence-electron chi connectivity index (χ1n) is 11.2. The number of aromatic nitrogens is 2. The van der Waals surface area contributed by atoms with Crippen LogP contribution in [-0.2, 0) is 21.4 Å². The number of carbonyl (C=O) groups is 1. The van der Waals surface area contributed by atoms with Crippen molar-refractivity contribution in [2.24, 2.45) is 5.92 Å². The predicted octanol–water partition coefficient (Wildman–Crippen LogP) is 4.95. The summed E-state index contributed by atoms with van der Waals surface area (Å²) >= 11 is 8.13. The number of benzene rings is 1. The van der Waals surface area contributed by atoms with Crippen molar-refractivity contribution < 1.29 is 18.1 Å². The van der Waals surface area contributed by atoms with Crippen molar-refractivity contribution in [3.05, 3.63) is 74.9 Å². The zero-order valence-corrected chi connectivity index (χ0v) is 22.4. The van der Waals surface area contributed by atoms with Crippen LogP contribution in [0.2, 0.25) is 4.34 Å². The number of halogens is 1. The molecule has 1 aliphatic heterocycles. The summed E-state index contributed by atoms with van der Waals surface area (Å²) in [7, 11) is -3.67. The van der Waals surface area contributed by atoms with Gasteiger partial charge in [0.2, 0.25) is 5.91 Å². The lowest BCUT2D eigenvalue weighted by Gasteiger charge is -2.32. The van der Waals surface area contributed by atoms with Crippen molar-refractivity contribution in [2.75, 3.05) is 18.0 Å². The molecule has 1 saturated heterocycles. The number of piperidine rings is 1. The quantitative estimate of drug-likeness (QED) is 0.225. The predicted molar refractivity (Wildman–Crippen MR) is 143 cm³/mol. The van der Waals surface area contributed by atoms with E-state index >= 15 is 0 Å². The van der Waals surface area contributed by atoms with Crippen LogP contribution in [0, 0.1) is 16.0 Å². The molecule has 14 heteroatoms. The van der Waals surface area contributed by atoms with Gasteiger partial charge in [0.15, 0.2) is 5.13 Å². The molecule has 3 aromatic heterocycles. The molecule has 0 spiro atoms. The highest BCUT2D eigenvalue weighted by molar-refractivity contribution is 7.91. The van der Waals surface area contributed by atoms with Gasteiger partial charge in [0, 0.05) is 37.3 Å². The maximum Gasteiger partial charge on any atom is 0.270 e. The third-order valence-electron chi connectivity index (χ3n) is 6.06. The Labute approximate surface area is 225 Å². The molecule has 10 nitrogen and oxygen atoms in total. The Morgan fingerprint density at radius 2 is 1.95 bits per heavy atom. The summed E-state index contributed by atoms with van der Waals surface area (Å²) in [5.74, 6) is -0.598. The van der Waals surface area contributed by atoms with Crippen molar-refractivity contribution >= 4 is 71.2 Å². The number of nitro benzene ring substituents is 1. The van der Waals surface area contributed by atoms with E-state index in [-0.39, 0.29) is 35.4 Å². The fourth-order valence-electron chi connectivity index (χ4n) is 4.15.